The Morgan fingerprint density at radius 1 is 1.19 bits per heavy atom. The molecule has 0 aliphatic carbocycles. The van der Waals surface area contributed by atoms with Crippen molar-refractivity contribution in [3.63, 3.8) is 0 Å². The van der Waals surface area contributed by atoms with Crippen molar-refractivity contribution in [3.05, 3.63) is 52.6 Å². The summed E-state index contributed by atoms with van der Waals surface area (Å²) in [5, 5.41) is 0. The predicted octanol–water partition coefficient (Wildman–Crippen LogP) is 2.88. The highest BCUT2D eigenvalue weighted by atomic mass is 16.5. The van der Waals surface area contributed by atoms with Gasteiger partial charge in [0.05, 0.1) is 20.3 Å². The van der Waals surface area contributed by atoms with Gasteiger partial charge in [0.1, 0.15) is 17.2 Å². The third kappa shape index (κ3) is 2.98. The largest absolute Gasteiger partial charge is 0.497 e. The molecule has 0 spiro atoms. The lowest BCUT2D eigenvalue weighted by Crippen LogP contribution is -2.29. The zero-order valence-corrected chi connectivity index (χ0v) is 15.2. The number of ether oxygens (including phenoxy) is 3. The molecule has 5 nitrogen and oxygen atoms in total. The normalized spacial score (nSPS) is 14.2. The van der Waals surface area contributed by atoms with E-state index in [9.17, 15) is 4.79 Å². The molecule has 2 aliphatic rings. The lowest BCUT2D eigenvalue weighted by molar-refractivity contribution is 0.0796. The van der Waals surface area contributed by atoms with E-state index in [1.807, 2.05) is 25.2 Å². The molecular weight excluding hydrogens is 330 g/mol. The molecule has 1 amide bonds. The maximum absolute atomic E-state index is 12.7. The van der Waals surface area contributed by atoms with Crippen molar-refractivity contribution in [2.75, 3.05) is 33.9 Å². The number of nitrogens with zero attached hydrogens (tertiary/aromatic N) is 1. The summed E-state index contributed by atoms with van der Waals surface area (Å²) in [6.07, 6.45) is 2.60. The number of fused-ring (bicyclic) bond motifs is 2. The van der Waals surface area contributed by atoms with Crippen LogP contribution in [0.3, 0.4) is 0 Å². The van der Waals surface area contributed by atoms with Gasteiger partial charge in [-0.2, -0.15) is 0 Å². The number of carbonyl (C=O) groups excluding carboxylic acids is 1. The Labute approximate surface area is 153 Å². The predicted molar refractivity (Wildman–Crippen MR) is 98.5 cm³/mol. The second-order valence-corrected chi connectivity index (χ2v) is 6.73. The number of methoxy groups -OCH3 is 1. The maximum Gasteiger partial charge on any atom is 0.253 e. The molecule has 5 heteroatoms. The van der Waals surface area contributed by atoms with Crippen LogP contribution in [0.25, 0.3) is 0 Å². The second-order valence-electron chi connectivity index (χ2n) is 6.73. The molecule has 0 atom stereocenters. The quantitative estimate of drug-likeness (QED) is 0.829. The topological polar surface area (TPSA) is 48.0 Å². The van der Waals surface area contributed by atoms with Crippen LogP contribution in [0.5, 0.6) is 17.2 Å². The van der Waals surface area contributed by atoms with E-state index in [1.165, 1.54) is 16.7 Å². The van der Waals surface area contributed by atoms with E-state index in [0.717, 1.165) is 44.0 Å². The van der Waals surface area contributed by atoms with Crippen molar-refractivity contribution in [1.29, 1.82) is 0 Å². The van der Waals surface area contributed by atoms with Gasteiger partial charge in [0.2, 0.25) is 0 Å². The summed E-state index contributed by atoms with van der Waals surface area (Å²) in [5.41, 5.74) is 4.31. The number of amides is 1. The van der Waals surface area contributed by atoms with Crippen molar-refractivity contribution in [3.8, 4) is 17.2 Å². The second kappa shape index (κ2) is 6.90. The van der Waals surface area contributed by atoms with Crippen molar-refractivity contribution < 1.29 is 19.0 Å². The van der Waals surface area contributed by atoms with Crippen LogP contribution >= 0.6 is 0 Å². The van der Waals surface area contributed by atoms with Gasteiger partial charge in [0, 0.05) is 48.7 Å². The molecule has 0 aromatic heterocycles. The molecule has 0 bridgehead atoms. The fourth-order valence-corrected chi connectivity index (χ4v) is 3.71. The molecule has 2 aromatic carbocycles. The summed E-state index contributed by atoms with van der Waals surface area (Å²) in [4.78, 5) is 14.5. The van der Waals surface area contributed by atoms with Gasteiger partial charge in [0.15, 0.2) is 0 Å². The minimum Gasteiger partial charge on any atom is -0.497 e. The van der Waals surface area contributed by atoms with Gasteiger partial charge in [-0.15, -0.1) is 0 Å². The van der Waals surface area contributed by atoms with Crippen molar-refractivity contribution in [2.24, 2.45) is 0 Å². The highest BCUT2D eigenvalue weighted by Gasteiger charge is 2.26. The van der Waals surface area contributed by atoms with Crippen LogP contribution in [-0.2, 0) is 19.3 Å². The molecule has 0 saturated heterocycles. The van der Waals surface area contributed by atoms with E-state index in [1.54, 1.807) is 18.1 Å². The zero-order valence-electron chi connectivity index (χ0n) is 15.2. The Kier molecular flexibility index (Phi) is 4.45. The summed E-state index contributed by atoms with van der Waals surface area (Å²) < 4.78 is 16.9. The number of hydrogen-bond acceptors (Lipinski definition) is 4. The van der Waals surface area contributed by atoms with E-state index >= 15 is 0 Å². The number of carbonyl (C=O) groups is 1. The Bertz CT molecular complexity index is 814. The van der Waals surface area contributed by atoms with Gasteiger partial charge >= 0.3 is 0 Å². The van der Waals surface area contributed by atoms with Crippen LogP contribution < -0.4 is 14.2 Å². The van der Waals surface area contributed by atoms with E-state index in [4.69, 9.17) is 14.2 Å². The summed E-state index contributed by atoms with van der Waals surface area (Å²) in [7, 11) is 3.44. The zero-order chi connectivity index (χ0) is 18.1. The smallest absolute Gasteiger partial charge is 0.253 e. The highest BCUT2D eigenvalue weighted by Crippen LogP contribution is 2.40. The van der Waals surface area contributed by atoms with Crippen LogP contribution in [0.4, 0.5) is 0 Å². The molecule has 0 radical (unpaired) electrons. The summed E-state index contributed by atoms with van der Waals surface area (Å²) in [6, 6.07) is 9.38. The molecule has 2 aliphatic heterocycles. The van der Waals surface area contributed by atoms with Crippen LogP contribution in [0.1, 0.15) is 27.0 Å². The SMILES string of the molecule is COc1cccc(C(=O)N(C)CCc2c3c(cc4c2OCC4)OCC3)c1. The Morgan fingerprint density at radius 2 is 2.04 bits per heavy atom. The summed E-state index contributed by atoms with van der Waals surface area (Å²) >= 11 is 0. The van der Waals surface area contributed by atoms with Crippen molar-refractivity contribution in [1.82, 2.24) is 4.90 Å². The van der Waals surface area contributed by atoms with Gasteiger partial charge in [-0.1, -0.05) is 6.07 Å². The van der Waals surface area contributed by atoms with Crippen molar-refractivity contribution >= 4 is 5.91 Å². The first-order valence-corrected chi connectivity index (χ1v) is 9.00. The van der Waals surface area contributed by atoms with Crippen LogP contribution in [-0.4, -0.2) is 44.7 Å². The fraction of sp³-hybridized carbons (Fsp3) is 0.381. The molecule has 4 rings (SSSR count). The van der Waals surface area contributed by atoms with Gasteiger partial charge in [-0.05, 0) is 30.7 Å². The maximum atomic E-state index is 12.7. The summed E-state index contributed by atoms with van der Waals surface area (Å²) in [5.74, 6) is 2.68. The number of rotatable bonds is 5. The molecule has 0 fully saturated rings. The first-order valence-electron chi connectivity index (χ1n) is 9.00. The first kappa shape index (κ1) is 16.8. The first-order chi connectivity index (χ1) is 12.7. The fourth-order valence-electron chi connectivity index (χ4n) is 3.71. The average Bonchev–Trinajstić information content (AvgIpc) is 3.33. The van der Waals surface area contributed by atoms with Crippen LogP contribution in [0.2, 0.25) is 0 Å². The monoisotopic (exact) mass is 353 g/mol. The number of benzene rings is 2. The van der Waals surface area contributed by atoms with E-state index in [2.05, 4.69) is 6.07 Å². The molecule has 2 heterocycles. The Balaban J connectivity index is 1.52. The molecule has 26 heavy (non-hydrogen) atoms. The molecule has 2 aromatic rings. The molecule has 0 saturated carbocycles. The lowest BCUT2D eigenvalue weighted by Gasteiger charge is -2.19. The average molecular weight is 353 g/mol. The van der Waals surface area contributed by atoms with Gasteiger partial charge in [-0.3, -0.25) is 4.79 Å². The third-order valence-corrected chi connectivity index (χ3v) is 5.12. The standard InChI is InChI=1S/C21H23NO4/c1-22(21(23)15-4-3-5-16(12-15)24-2)9-6-18-17-8-11-25-19(17)13-14-7-10-26-20(14)18/h3-5,12-13H,6-11H2,1-2H3. The number of hydrogen-bond donors (Lipinski definition) is 0. The Morgan fingerprint density at radius 3 is 2.88 bits per heavy atom. The van der Waals surface area contributed by atoms with E-state index in [-0.39, 0.29) is 5.91 Å². The van der Waals surface area contributed by atoms with Gasteiger partial charge < -0.3 is 19.1 Å². The van der Waals surface area contributed by atoms with E-state index < -0.39 is 0 Å². The van der Waals surface area contributed by atoms with Gasteiger partial charge in [-0.25, -0.2) is 0 Å². The molecule has 0 N–H and O–H groups in total. The highest BCUT2D eigenvalue weighted by molar-refractivity contribution is 5.94. The van der Waals surface area contributed by atoms with Gasteiger partial charge in [0.25, 0.3) is 5.91 Å². The molecule has 0 unspecified atom stereocenters. The minimum atomic E-state index is -0.00899. The Hall–Kier alpha value is -2.69. The minimum absolute atomic E-state index is 0.00899. The molecule has 136 valence electrons. The third-order valence-electron chi connectivity index (χ3n) is 5.12. The van der Waals surface area contributed by atoms with E-state index in [0.29, 0.717) is 17.9 Å². The van der Waals surface area contributed by atoms with Crippen LogP contribution in [0, 0.1) is 0 Å². The summed E-state index contributed by atoms with van der Waals surface area (Å²) in [6.45, 7) is 2.08. The molecular formula is C21H23NO4. The number of likely N-dealkylation sites (N-methyl/N-ethyl adjacent to an activating group) is 1. The lowest BCUT2D eigenvalue weighted by atomic mass is 9.97. The van der Waals surface area contributed by atoms with Crippen LogP contribution in [0.15, 0.2) is 30.3 Å². The van der Waals surface area contributed by atoms with Crippen molar-refractivity contribution in [2.45, 2.75) is 19.3 Å².